The van der Waals surface area contributed by atoms with E-state index in [4.69, 9.17) is 5.11 Å². The molecule has 0 aromatic heterocycles. The van der Waals surface area contributed by atoms with Crippen LogP contribution in [0.4, 0.5) is 0 Å². The minimum Gasteiger partial charge on any atom is -0.872 e. The molecule has 0 spiro atoms. The third-order valence-electron chi connectivity index (χ3n) is 3.36. The van der Waals surface area contributed by atoms with Crippen LogP contribution in [-0.2, 0) is 6.42 Å². The summed E-state index contributed by atoms with van der Waals surface area (Å²) in [4.78, 5) is 10.7. The average molecular weight is 302 g/mol. The molecule has 0 atom stereocenters. The van der Waals surface area contributed by atoms with E-state index in [0.29, 0.717) is 0 Å². The first-order chi connectivity index (χ1) is 9.15. The SMILES string of the molecule is CCCCCCCCCc1ccc(C(=O)O)cc1[O-].[K+]. The largest absolute Gasteiger partial charge is 1.00 e. The van der Waals surface area contributed by atoms with Gasteiger partial charge in [-0.3, -0.25) is 0 Å². The number of benzene rings is 1. The Bertz CT molecular complexity index is 405. The van der Waals surface area contributed by atoms with E-state index in [9.17, 15) is 9.90 Å². The van der Waals surface area contributed by atoms with E-state index in [1.165, 1.54) is 44.2 Å². The zero-order valence-corrected chi connectivity index (χ0v) is 15.8. The van der Waals surface area contributed by atoms with Gasteiger partial charge in [0.25, 0.3) is 0 Å². The molecule has 0 aliphatic rings. The molecular formula is C16H23KO3. The van der Waals surface area contributed by atoms with Gasteiger partial charge in [-0.05, 0) is 18.9 Å². The molecule has 0 unspecified atom stereocenters. The second-order valence-corrected chi connectivity index (χ2v) is 5.00. The molecular weight excluding hydrogens is 279 g/mol. The smallest absolute Gasteiger partial charge is 0.872 e. The molecule has 1 aromatic rings. The van der Waals surface area contributed by atoms with Crippen LogP contribution in [0.2, 0.25) is 0 Å². The summed E-state index contributed by atoms with van der Waals surface area (Å²) in [5.41, 5.74) is 0.812. The van der Waals surface area contributed by atoms with Crippen molar-refractivity contribution < 1.29 is 66.4 Å². The summed E-state index contributed by atoms with van der Waals surface area (Å²) in [5, 5.41) is 20.5. The van der Waals surface area contributed by atoms with E-state index in [2.05, 4.69) is 6.92 Å². The van der Waals surface area contributed by atoms with Gasteiger partial charge in [-0.2, -0.15) is 0 Å². The molecule has 1 rings (SSSR count). The van der Waals surface area contributed by atoms with Crippen LogP contribution in [0.25, 0.3) is 0 Å². The maximum absolute atomic E-state index is 11.7. The van der Waals surface area contributed by atoms with Gasteiger partial charge in [0.15, 0.2) is 0 Å². The predicted octanol–water partition coefficient (Wildman–Crippen LogP) is 0.756. The number of hydrogen-bond donors (Lipinski definition) is 1. The van der Waals surface area contributed by atoms with Crippen LogP contribution >= 0.6 is 0 Å². The molecule has 0 bridgehead atoms. The van der Waals surface area contributed by atoms with Crippen LogP contribution in [0.3, 0.4) is 0 Å². The maximum atomic E-state index is 11.7. The third kappa shape index (κ3) is 7.79. The van der Waals surface area contributed by atoms with Crippen LogP contribution in [-0.4, -0.2) is 11.1 Å². The number of rotatable bonds is 9. The number of carboxylic acids is 1. The number of carboxylic acid groups (broad SMARTS) is 1. The monoisotopic (exact) mass is 302 g/mol. The van der Waals surface area contributed by atoms with Gasteiger partial charge in [-0.1, -0.05) is 63.1 Å². The van der Waals surface area contributed by atoms with E-state index >= 15 is 0 Å². The zero-order chi connectivity index (χ0) is 14.1. The molecule has 0 radical (unpaired) electrons. The summed E-state index contributed by atoms with van der Waals surface area (Å²) in [5.74, 6) is -1.19. The minimum atomic E-state index is -1.04. The second kappa shape index (κ2) is 11.8. The van der Waals surface area contributed by atoms with Crippen LogP contribution in [0.1, 0.15) is 67.8 Å². The van der Waals surface area contributed by atoms with E-state index < -0.39 is 5.97 Å². The Balaban J connectivity index is 0.00000361. The average Bonchev–Trinajstić information content (AvgIpc) is 2.39. The molecule has 0 aliphatic carbocycles. The quantitative estimate of drug-likeness (QED) is 0.541. The van der Waals surface area contributed by atoms with Crippen LogP contribution in [0, 0.1) is 0 Å². The first-order valence-electron chi connectivity index (χ1n) is 7.18. The van der Waals surface area contributed by atoms with Crippen LogP contribution < -0.4 is 56.5 Å². The van der Waals surface area contributed by atoms with Crippen molar-refractivity contribution in [1.29, 1.82) is 0 Å². The summed E-state index contributed by atoms with van der Waals surface area (Å²) in [6.07, 6.45) is 9.27. The van der Waals surface area contributed by atoms with Crippen LogP contribution in [0.5, 0.6) is 5.75 Å². The molecule has 1 N–H and O–H groups in total. The van der Waals surface area contributed by atoms with Crippen molar-refractivity contribution in [2.24, 2.45) is 0 Å². The van der Waals surface area contributed by atoms with Gasteiger partial charge in [0.2, 0.25) is 0 Å². The Morgan fingerprint density at radius 1 is 1.10 bits per heavy atom. The van der Waals surface area contributed by atoms with Gasteiger partial charge in [0.1, 0.15) is 0 Å². The topological polar surface area (TPSA) is 60.4 Å². The minimum absolute atomic E-state index is 0. The van der Waals surface area contributed by atoms with Gasteiger partial charge in [-0.15, -0.1) is 5.75 Å². The molecule has 0 aliphatic heterocycles. The van der Waals surface area contributed by atoms with Gasteiger partial charge in [-0.25, -0.2) is 4.79 Å². The standard InChI is InChI=1S/C16H24O3.K/c1-2-3-4-5-6-7-8-9-13-10-11-14(16(18)19)12-15(13)17;/h10-12,17H,2-9H2,1H3,(H,18,19);/q;+1/p-1. The van der Waals surface area contributed by atoms with Crippen molar-refractivity contribution in [2.75, 3.05) is 0 Å². The molecule has 0 heterocycles. The van der Waals surface area contributed by atoms with E-state index in [0.717, 1.165) is 24.8 Å². The van der Waals surface area contributed by atoms with Crippen molar-refractivity contribution in [3.8, 4) is 5.75 Å². The van der Waals surface area contributed by atoms with Gasteiger partial charge in [0, 0.05) is 0 Å². The van der Waals surface area contributed by atoms with E-state index in [1.807, 2.05) is 0 Å². The van der Waals surface area contributed by atoms with Gasteiger partial charge < -0.3 is 10.2 Å². The van der Waals surface area contributed by atoms with Crippen LogP contribution in [0.15, 0.2) is 18.2 Å². The molecule has 3 nitrogen and oxygen atoms in total. The molecule has 4 heteroatoms. The Labute approximate surface area is 164 Å². The number of aryl methyl sites for hydroxylation is 1. The molecule has 0 saturated heterocycles. The van der Waals surface area contributed by atoms with Crippen molar-refractivity contribution in [2.45, 2.75) is 58.3 Å². The summed E-state index contributed by atoms with van der Waals surface area (Å²) in [6, 6.07) is 4.39. The van der Waals surface area contributed by atoms with Crippen molar-refractivity contribution in [3.63, 3.8) is 0 Å². The fraction of sp³-hybridized carbons (Fsp3) is 0.562. The number of carbonyl (C=O) groups is 1. The summed E-state index contributed by atoms with van der Waals surface area (Å²) < 4.78 is 0. The summed E-state index contributed by atoms with van der Waals surface area (Å²) >= 11 is 0. The van der Waals surface area contributed by atoms with Crippen molar-refractivity contribution in [1.82, 2.24) is 0 Å². The molecule has 1 aromatic carbocycles. The first kappa shape index (κ1) is 20.1. The van der Waals surface area contributed by atoms with Crippen molar-refractivity contribution >= 4 is 5.97 Å². The molecule has 20 heavy (non-hydrogen) atoms. The van der Waals surface area contributed by atoms with E-state index in [-0.39, 0.29) is 62.7 Å². The predicted molar refractivity (Wildman–Crippen MR) is 74.5 cm³/mol. The Morgan fingerprint density at radius 2 is 1.70 bits per heavy atom. The molecule has 0 saturated carbocycles. The maximum Gasteiger partial charge on any atom is 1.00 e. The van der Waals surface area contributed by atoms with Gasteiger partial charge >= 0.3 is 57.4 Å². The van der Waals surface area contributed by atoms with Gasteiger partial charge in [0.05, 0.1) is 5.56 Å². The van der Waals surface area contributed by atoms with Crippen molar-refractivity contribution in [3.05, 3.63) is 29.3 Å². The fourth-order valence-corrected chi connectivity index (χ4v) is 2.17. The molecule has 0 fully saturated rings. The Hall–Kier alpha value is 0.126. The summed E-state index contributed by atoms with van der Waals surface area (Å²) in [6.45, 7) is 2.20. The third-order valence-corrected chi connectivity index (χ3v) is 3.36. The Morgan fingerprint density at radius 3 is 2.25 bits per heavy atom. The zero-order valence-electron chi connectivity index (χ0n) is 12.7. The molecule has 0 amide bonds. The molecule has 106 valence electrons. The first-order valence-corrected chi connectivity index (χ1v) is 7.18. The number of hydrogen-bond acceptors (Lipinski definition) is 2. The number of aromatic carboxylic acids is 1. The van der Waals surface area contributed by atoms with E-state index in [1.54, 1.807) is 6.07 Å². The fourth-order valence-electron chi connectivity index (χ4n) is 2.17. The normalized spacial score (nSPS) is 10.1. The Kier molecular flexibility index (Phi) is 11.8. The summed E-state index contributed by atoms with van der Waals surface area (Å²) in [7, 11) is 0. The second-order valence-electron chi connectivity index (χ2n) is 5.00. The number of unbranched alkanes of at least 4 members (excludes halogenated alkanes) is 6.